The van der Waals surface area contributed by atoms with E-state index in [1.807, 2.05) is 32.8 Å². The molecule has 0 aromatic rings. The number of carboxylic acid groups (broad SMARTS) is 1. The zero-order valence-electron chi connectivity index (χ0n) is 11.5. The van der Waals surface area contributed by atoms with Crippen LogP contribution in [-0.2, 0) is 9.63 Å². The second-order valence-corrected chi connectivity index (χ2v) is 4.73. The van der Waals surface area contributed by atoms with Crippen molar-refractivity contribution in [3.05, 3.63) is 0 Å². The molecular weight excluding hydrogens is 238 g/mol. The molecule has 0 aromatic carbocycles. The molecule has 0 saturated heterocycles. The zero-order chi connectivity index (χ0) is 14.1. The van der Waals surface area contributed by atoms with Crippen LogP contribution in [0.5, 0.6) is 0 Å². The van der Waals surface area contributed by atoms with E-state index < -0.39 is 18.6 Å². The minimum atomic E-state index is -1.13. The summed E-state index contributed by atoms with van der Waals surface area (Å²) < 4.78 is 0. The lowest BCUT2D eigenvalue weighted by molar-refractivity contribution is -0.144. The van der Waals surface area contributed by atoms with E-state index in [4.69, 9.17) is 5.11 Å². The van der Waals surface area contributed by atoms with Gasteiger partial charge in [0, 0.05) is 19.6 Å². The molecular formula is C11H23N3O4. The number of hydrogen-bond donors (Lipinski definition) is 2. The maximum Gasteiger partial charge on any atom is 0.341 e. The monoisotopic (exact) mass is 261 g/mol. The lowest BCUT2D eigenvalue weighted by atomic mass is 10.2. The van der Waals surface area contributed by atoms with Crippen LogP contribution in [0.25, 0.3) is 0 Å². The van der Waals surface area contributed by atoms with Crippen LogP contribution in [0.1, 0.15) is 13.8 Å². The third-order valence-corrected chi connectivity index (χ3v) is 2.05. The number of amides is 2. The Balaban J connectivity index is 4.17. The molecule has 106 valence electrons. The molecule has 0 atom stereocenters. The highest BCUT2D eigenvalue weighted by Crippen LogP contribution is 1.99. The molecule has 0 unspecified atom stereocenters. The van der Waals surface area contributed by atoms with E-state index in [0.717, 1.165) is 6.54 Å². The lowest BCUT2D eigenvalue weighted by Gasteiger charge is -2.25. The van der Waals surface area contributed by atoms with Gasteiger partial charge in [-0.05, 0) is 20.0 Å². The number of rotatable bonds is 8. The largest absolute Gasteiger partial charge is 0.479 e. The van der Waals surface area contributed by atoms with Gasteiger partial charge in [-0.25, -0.2) is 15.1 Å². The minimum Gasteiger partial charge on any atom is -0.479 e. The van der Waals surface area contributed by atoms with Crippen LogP contribution in [0.3, 0.4) is 0 Å². The highest BCUT2D eigenvalue weighted by atomic mass is 16.7. The van der Waals surface area contributed by atoms with E-state index in [-0.39, 0.29) is 0 Å². The Morgan fingerprint density at radius 2 is 1.89 bits per heavy atom. The number of likely N-dealkylation sites (N-methyl/N-ethyl adjacent to an activating group) is 1. The Morgan fingerprint density at radius 1 is 1.28 bits per heavy atom. The first-order valence-electron chi connectivity index (χ1n) is 5.86. The summed E-state index contributed by atoms with van der Waals surface area (Å²) in [5, 5.41) is 8.39. The third-order valence-electron chi connectivity index (χ3n) is 2.05. The predicted octanol–water partition coefficient (Wildman–Crippen LogP) is 0.232. The molecule has 2 amide bonds. The van der Waals surface area contributed by atoms with Crippen LogP contribution >= 0.6 is 0 Å². The molecule has 0 heterocycles. The Kier molecular flexibility index (Phi) is 8.06. The summed E-state index contributed by atoms with van der Waals surface area (Å²) in [7, 11) is 3.85. The van der Waals surface area contributed by atoms with Gasteiger partial charge in [0.25, 0.3) is 0 Å². The molecule has 0 aliphatic carbocycles. The van der Waals surface area contributed by atoms with Crippen LogP contribution in [0, 0.1) is 5.92 Å². The van der Waals surface area contributed by atoms with E-state index in [1.54, 1.807) is 4.90 Å². The number of carbonyl (C=O) groups is 2. The molecule has 0 aliphatic heterocycles. The molecule has 0 aromatic heterocycles. The highest BCUT2D eigenvalue weighted by Gasteiger charge is 2.15. The van der Waals surface area contributed by atoms with E-state index in [9.17, 15) is 9.59 Å². The van der Waals surface area contributed by atoms with Crippen LogP contribution in [0.2, 0.25) is 0 Å². The number of nitrogens with one attached hydrogen (secondary N) is 1. The van der Waals surface area contributed by atoms with Crippen molar-refractivity contribution in [1.82, 2.24) is 15.3 Å². The van der Waals surface area contributed by atoms with E-state index >= 15 is 0 Å². The fourth-order valence-corrected chi connectivity index (χ4v) is 1.26. The summed E-state index contributed by atoms with van der Waals surface area (Å²) in [6.07, 6.45) is 0. The van der Waals surface area contributed by atoms with Crippen LogP contribution in [-0.4, -0.2) is 67.2 Å². The van der Waals surface area contributed by atoms with Crippen LogP contribution in [0.4, 0.5) is 4.79 Å². The van der Waals surface area contributed by atoms with Crippen molar-refractivity contribution in [3.8, 4) is 0 Å². The summed E-state index contributed by atoms with van der Waals surface area (Å²) in [6.45, 7) is 5.36. The Hall–Kier alpha value is -1.34. The second-order valence-electron chi connectivity index (χ2n) is 4.73. The number of nitrogens with zero attached hydrogens (tertiary/aromatic N) is 2. The van der Waals surface area contributed by atoms with E-state index in [0.29, 0.717) is 19.0 Å². The van der Waals surface area contributed by atoms with Gasteiger partial charge in [0.05, 0.1) is 0 Å². The molecule has 0 bridgehead atoms. The van der Waals surface area contributed by atoms with Gasteiger partial charge in [0.2, 0.25) is 0 Å². The Labute approximate surface area is 108 Å². The van der Waals surface area contributed by atoms with Gasteiger partial charge >= 0.3 is 12.0 Å². The summed E-state index contributed by atoms with van der Waals surface area (Å²) in [5.41, 5.74) is 2.13. The van der Waals surface area contributed by atoms with Gasteiger partial charge in [-0.1, -0.05) is 13.8 Å². The fourth-order valence-electron chi connectivity index (χ4n) is 1.26. The van der Waals surface area contributed by atoms with Gasteiger partial charge in [0.1, 0.15) is 0 Å². The molecule has 0 saturated carbocycles. The number of hydroxylamine groups is 1. The molecule has 7 nitrogen and oxygen atoms in total. The first kappa shape index (κ1) is 16.7. The smallest absolute Gasteiger partial charge is 0.341 e. The molecule has 0 spiro atoms. The molecule has 18 heavy (non-hydrogen) atoms. The number of hydrogen-bond acceptors (Lipinski definition) is 4. The maximum atomic E-state index is 11.8. The van der Waals surface area contributed by atoms with Gasteiger partial charge in [0.15, 0.2) is 6.61 Å². The molecule has 7 heteroatoms. The summed E-state index contributed by atoms with van der Waals surface area (Å²) in [6, 6.07) is -0.410. The van der Waals surface area contributed by atoms with Gasteiger partial charge in [-0.2, -0.15) is 0 Å². The van der Waals surface area contributed by atoms with Crippen molar-refractivity contribution in [2.24, 2.45) is 5.92 Å². The van der Waals surface area contributed by atoms with Gasteiger partial charge < -0.3 is 14.9 Å². The SMILES string of the molecule is CC(C)CN(CCN(C)C)C(=O)NOCC(=O)O. The standard InChI is InChI=1S/C11H23N3O4/c1-9(2)7-14(6-5-13(3)4)11(17)12-18-8-10(15)16/h9H,5-8H2,1-4H3,(H,12,17)(H,15,16). The van der Waals surface area contributed by atoms with Crippen LogP contribution in [0.15, 0.2) is 0 Å². The fraction of sp³-hybridized carbons (Fsp3) is 0.818. The Bertz CT molecular complexity index is 269. The lowest BCUT2D eigenvalue weighted by Crippen LogP contribution is -2.45. The minimum absolute atomic E-state index is 0.331. The molecule has 0 aliphatic rings. The highest BCUT2D eigenvalue weighted by molar-refractivity contribution is 5.73. The van der Waals surface area contributed by atoms with Crippen LogP contribution < -0.4 is 5.48 Å². The van der Waals surface area contributed by atoms with Crippen molar-refractivity contribution in [3.63, 3.8) is 0 Å². The van der Waals surface area contributed by atoms with Crippen molar-refractivity contribution >= 4 is 12.0 Å². The summed E-state index contributed by atoms with van der Waals surface area (Å²) in [4.78, 5) is 30.1. The zero-order valence-corrected chi connectivity index (χ0v) is 11.5. The van der Waals surface area contributed by atoms with Crippen molar-refractivity contribution in [2.45, 2.75) is 13.8 Å². The number of carbonyl (C=O) groups excluding carboxylic acids is 1. The average molecular weight is 261 g/mol. The molecule has 0 rings (SSSR count). The van der Waals surface area contributed by atoms with Crippen molar-refractivity contribution < 1.29 is 19.5 Å². The number of urea groups is 1. The maximum absolute atomic E-state index is 11.8. The van der Waals surface area contributed by atoms with Crippen molar-refractivity contribution in [2.75, 3.05) is 40.3 Å². The average Bonchev–Trinajstić information content (AvgIpc) is 2.22. The quantitative estimate of drug-likeness (QED) is 0.611. The molecule has 0 fully saturated rings. The van der Waals surface area contributed by atoms with Gasteiger partial charge in [-0.15, -0.1) is 0 Å². The predicted molar refractivity (Wildman–Crippen MR) is 67.1 cm³/mol. The van der Waals surface area contributed by atoms with Gasteiger partial charge in [-0.3, -0.25) is 4.84 Å². The first-order chi connectivity index (χ1) is 8.32. The molecule has 2 N–H and O–H groups in total. The molecule has 0 radical (unpaired) electrons. The number of aliphatic carboxylic acids is 1. The summed E-state index contributed by atoms with van der Waals surface area (Å²) in [5.74, 6) is -0.795. The second kappa shape index (κ2) is 8.71. The Morgan fingerprint density at radius 3 is 2.33 bits per heavy atom. The third kappa shape index (κ3) is 8.77. The first-order valence-corrected chi connectivity index (χ1v) is 5.86. The van der Waals surface area contributed by atoms with E-state index in [2.05, 4.69) is 10.3 Å². The normalized spacial score (nSPS) is 10.8. The summed E-state index contributed by atoms with van der Waals surface area (Å²) >= 11 is 0. The topological polar surface area (TPSA) is 82.1 Å². The van der Waals surface area contributed by atoms with Crippen molar-refractivity contribution in [1.29, 1.82) is 0 Å². The number of carboxylic acids is 1. The van der Waals surface area contributed by atoms with E-state index in [1.165, 1.54) is 0 Å².